The van der Waals surface area contributed by atoms with Gasteiger partial charge in [-0.25, -0.2) is 0 Å². The summed E-state index contributed by atoms with van der Waals surface area (Å²) >= 11 is 0. The number of rotatable bonds is 3. The molecule has 1 rings (SSSR count). The van der Waals surface area contributed by atoms with Crippen molar-refractivity contribution in [2.45, 2.75) is 27.2 Å². The third-order valence-corrected chi connectivity index (χ3v) is 2.49. The molecule has 3 nitrogen and oxygen atoms in total. The molecule has 0 amide bonds. The van der Waals surface area contributed by atoms with Crippen LogP contribution in [0.15, 0.2) is 18.2 Å². The van der Waals surface area contributed by atoms with E-state index >= 15 is 0 Å². The number of carboxylic acid groups (broad SMARTS) is 1. The SMILES string of the molecule is Cc1cc(CC(C)(C)C(=O)O)ccc1O. The van der Waals surface area contributed by atoms with Crippen molar-refractivity contribution in [2.24, 2.45) is 5.41 Å². The summed E-state index contributed by atoms with van der Waals surface area (Å²) in [6.45, 7) is 5.18. The maximum absolute atomic E-state index is 10.9. The summed E-state index contributed by atoms with van der Waals surface area (Å²) in [6, 6.07) is 5.18. The molecule has 1 aromatic carbocycles. The zero-order chi connectivity index (χ0) is 11.6. The van der Waals surface area contributed by atoms with E-state index in [4.69, 9.17) is 5.11 Å². The monoisotopic (exact) mass is 208 g/mol. The summed E-state index contributed by atoms with van der Waals surface area (Å²) in [4.78, 5) is 10.9. The van der Waals surface area contributed by atoms with E-state index < -0.39 is 11.4 Å². The van der Waals surface area contributed by atoms with Crippen LogP contribution >= 0.6 is 0 Å². The molecule has 0 aliphatic carbocycles. The molecular formula is C12H16O3. The van der Waals surface area contributed by atoms with Crippen LogP contribution < -0.4 is 0 Å². The fourth-order valence-electron chi connectivity index (χ4n) is 1.41. The van der Waals surface area contributed by atoms with E-state index in [-0.39, 0.29) is 5.75 Å². The molecule has 0 aliphatic heterocycles. The first kappa shape index (κ1) is 11.6. The molecule has 0 bridgehead atoms. The number of carbonyl (C=O) groups is 1. The van der Waals surface area contributed by atoms with Gasteiger partial charge in [-0.1, -0.05) is 12.1 Å². The molecule has 3 heteroatoms. The number of aliphatic carboxylic acids is 1. The number of aromatic hydroxyl groups is 1. The molecule has 0 fully saturated rings. The first-order chi connectivity index (χ1) is 6.83. The fourth-order valence-corrected chi connectivity index (χ4v) is 1.41. The van der Waals surface area contributed by atoms with Crippen LogP contribution in [-0.2, 0) is 11.2 Å². The standard InChI is InChI=1S/C12H16O3/c1-8-6-9(4-5-10(8)13)7-12(2,3)11(14)15/h4-6,13H,7H2,1-3H3,(H,14,15). The Labute approximate surface area is 89.4 Å². The van der Waals surface area contributed by atoms with Gasteiger partial charge in [0.2, 0.25) is 0 Å². The van der Waals surface area contributed by atoms with Crippen LogP contribution in [0.2, 0.25) is 0 Å². The summed E-state index contributed by atoms with van der Waals surface area (Å²) in [7, 11) is 0. The number of hydrogen-bond acceptors (Lipinski definition) is 2. The smallest absolute Gasteiger partial charge is 0.309 e. The maximum atomic E-state index is 10.9. The molecule has 0 aliphatic rings. The minimum absolute atomic E-state index is 0.242. The molecule has 1 aromatic rings. The molecule has 82 valence electrons. The Kier molecular flexibility index (Phi) is 3.03. The second-order valence-corrected chi connectivity index (χ2v) is 4.49. The fraction of sp³-hybridized carbons (Fsp3) is 0.417. The topological polar surface area (TPSA) is 57.5 Å². The minimum atomic E-state index is -0.812. The second-order valence-electron chi connectivity index (χ2n) is 4.49. The molecule has 0 saturated carbocycles. The van der Waals surface area contributed by atoms with Gasteiger partial charge in [-0.2, -0.15) is 0 Å². The summed E-state index contributed by atoms with van der Waals surface area (Å²) in [5, 5.41) is 18.3. The van der Waals surface area contributed by atoms with Crippen LogP contribution in [0, 0.1) is 12.3 Å². The van der Waals surface area contributed by atoms with E-state index in [1.165, 1.54) is 0 Å². The van der Waals surface area contributed by atoms with Crippen molar-refractivity contribution in [3.05, 3.63) is 29.3 Å². The highest BCUT2D eigenvalue weighted by Crippen LogP contribution is 2.25. The van der Waals surface area contributed by atoms with Gasteiger partial charge in [-0.05, 0) is 44.4 Å². The van der Waals surface area contributed by atoms with Crippen LogP contribution in [0.5, 0.6) is 5.75 Å². The Bertz CT molecular complexity index is 380. The Morgan fingerprint density at radius 2 is 2.00 bits per heavy atom. The van der Waals surface area contributed by atoms with Gasteiger partial charge in [0.15, 0.2) is 0 Å². The number of phenols is 1. The largest absolute Gasteiger partial charge is 0.508 e. The molecule has 0 radical (unpaired) electrons. The van der Waals surface area contributed by atoms with Gasteiger partial charge in [0.05, 0.1) is 5.41 Å². The number of aryl methyl sites for hydroxylation is 1. The first-order valence-corrected chi connectivity index (χ1v) is 4.85. The molecule has 2 N–H and O–H groups in total. The Morgan fingerprint density at radius 1 is 1.40 bits per heavy atom. The predicted molar refractivity (Wildman–Crippen MR) is 58.0 cm³/mol. The van der Waals surface area contributed by atoms with Crippen LogP contribution in [0.25, 0.3) is 0 Å². The van der Waals surface area contributed by atoms with Crippen LogP contribution in [0.3, 0.4) is 0 Å². The van der Waals surface area contributed by atoms with E-state index in [1.807, 2.05) is 6.07 Å². The Hall–Kier alpha value is -1.51. The van der Waals surface area contributed by atoms with Gasteiger partial charge in [0, 0.05) is 0 Å². The van der Waals surface area contributed by atoms with E-state index in [9.17, 15) is 9.90 Å². The molecule has 0 heterocycles. The van der Waals surface area contributed by atoms with Crippen LogP contribution in [-0.4, -0.2) is 16.2 Å². The van der Waals surface area contributed by atoms with Gasteiger partial charge in [0.1, 0.15) is 5.75 Å². The molecule has 0 spiro atoms. The van der Waals surface area contributed by atoms with Crippen LogP contribution in [0.4, 0.5) is 0 Å². The van der Waals surface area contributed by atoms with E-state index in [1.54, 1.807) is 32.9 Å². The molecular weight excluding hydrogens is 192 g/mol. The molecule has 0 atom stereocenters. The highest BCUT2D eigenvalue weighted by atomic mass is 16.4. The molecule has 15 heavy (non-hydrogen) atoms. The minimum Gasteiger partial charge on any atom is -0.508 e. The van der Waals surface area contributed by atoms with E-state index in [2.05, 4.69) is 0 Å². The lowest BCUT2D eigenvalue weighted by molar-refractivity contribution is -0.146. The van der Waals surface area contributed by atoms with Gasteiger partial charge in [0.25, 0.3) is 0 Å². The van der Waals surface area contributed by atoms with Crippen molar-refractivity contribution in [3.63, 3.8) is 0 Å². The lowest BCUT2D eigenvalue weighted by Crippen LogP contribution is -2.26. The zero-order valence-electron chi connectivity index (χ0n) is 9.24. The molecule has 0 saturated heterocycles. The van der Waals surface area contributed by atoms with Crippen molar-refractivity contribution in [1.82, 2.24) is 0 Å². The summed E-state index contributed by atoms with van der Waals surface area (Å²) in [5.41, 5.74) is 0.926. The maximum Gasteiger partial charge on any atom is 0.309 e. The lowest BCUT2D eigenvalue weighted by Gasteiger charge is -2.19. The van der Waals surface area contributed by atoms with Gasteiger partial charge >= 0.3 is 5.97 Å². The Morgan fingerprint density at radius 3 is 2.47 bits per heavy atom. The molecule has 0 unspecified atom stereocenters. The summed E-state index contributed by atoms with van der Waals surface area (Å²) in [6.07, 6.45) is 0.462. The van der Waals surface area contributed by atoms with Gasteiger partial charge in [-0.3, -0.25) is 4.79 Å². The van der Waals surface area contributed by atoms with Crippen LogP contribution in [0.1, 0.15) is 25.0 Å². The van der Waals surface area contributed by atoms with E-state index in [0.717, 1.165) is 11.1 Å². The summed E-state index contributed by atoms with van der Waals surface area (Å²) < 4.78 is 0. The van der Waals surface area contributed by atoms with Crippen molar-refractivity contribution in [2.75, 3.05) is 0 Å². The average Bonchev–Trinajstić information content (AvgIpc) is 2.10. The predicted octanol–water partition coefficient (Wildman–Crippen LogP) is 2.35. The van der Waals surface area contributed by atoms with Crippen molar-refractivity contribution in [3.8, 4) is 5.75 Å². The van der Waals surface area contributed by atoms with Crippen molar-refractivity contribution in [1.29, 1.82) is 0 Å². The Balaban J connectivity index is 2.91. The highest BCUT2D eigenvalue weighted by molar-refractivity contribution is 5.74. The first-order valence-electron chi connectivity index (χ1n) is 4.85. The van der Waals surface area contributed by atoms with Crippen molar-refractivity contribution < 1.29 is 15.0 Å². The highest BCUT2D eigenvalue weighted by Gasteiger charge is 2.27. The normalized spacial score (nSPS) is 11.4. The molecule has 0 aromatic heterocycles. The van der Waals surface area contributed by atoms with Crippen molar-refractivity contribution >= 4 is 5.97 Å². The lowest BCUT2D eigenvalue weighted by atomic mass is 9.85. The zero-order valence-corrected chi connectivity index (χ0v) is 9.24. The second kappa shape index (κ2) is 3.93. The quantitative estimate of drug-likeness (QED) is 0.801. The number of hydrogen-bond donors (Lipinski definition) is 2. The third kappa shape index (κ3) is 2.72. The van der Waals surface area contributed by atoms with E-state index in [0.29, 0.717) is 6.42 Å². The van der Waals surface area contributed by atoms with Gasteiger partial charge in [-0.15, -0.1) is 0 Å². The summed E-state index contributed by atoms with van der Waals surface area (Å²) in [5.74, 6) is -0.569. The number of carboxylic acids is 1. The average molecular weight is 208 g/mol. The third-order valence-electron chi connectivity index (χ3n) is 2.49. The van der Waals surface area contributed by atoms with Gasteiger partial charge < -0.3 is 10.2 Å². The number of benzene rings is 1. The number of phenolic OH excluding ortho intramolecular Hbond substituents is 1.